The Hall–Kier alpha value is -0.133. The molecule has 0 aromatic rings. The van der Waals surface area contributed by atoms with Crippen LogP contribution in [0.1, 0.15) is 12.8 Å². The maximum Gasteiger partial charge on any atom is 0.305 e. The summed E-state index contributed by atoms with van der Waals surface area (Å²) in [6, 6.07) is 0. The molecule has 0 aliphatic heterocycles. The average Bonchev–Trinajstić information content (AvgIpc) is 2.11. The Labute approximate surface area is 101 Å². The molecule has 0 aromatic heterocycles. The van der Waals surface area contributed by atoms with E-state index in [9.17, 15) is 4.79 Å². The number of methoxy groups -OCH3 is 1. The molecule has 88 valence electrons. The number of esters is 1. The normalized spacial score (nSPS) is 14.2. The van der Waals surface area contributed by atoms with Crippen LogP contribution in [0, 0.1) is 0 Å². The van der Waals surface area contributed by atoms with E-state index in [2.05, 4.69) is 40.3 Å². The lowest BCUT2D eigenvalue weighted by Gasteiger charge is -2.23. The van der Waals surface area contributed by atoms with Gasteiger partial charge in [0.1, 0.15) is 0 Å². The fraction of sp³-hybridized carbons (Fsp3) is 0.700. The van der Waals surface area contributed by atoms with Crippen LogP contribution >= 0.6 is 15.9 Å². The van der Waals surface area contributed by atoms with E-state index in [1.165, 1.54) is 7.11 Å². The lowest BCUT2D eigenvalue weighted by molar-refractivity contribution is -0.141. The highest BCUT2D eigenvalue weighted by atomic mass is 79.9. The van der Waals surface area contributed by atoms with Crippen molar-refractivity contribution in [1.29, 1.82) is 0 Å². The smallest absolute Gasteiger partial charge is 0.305 e. The van der Waals surface area contributed by atoms with Gasteiger partial charge in [-0.3, -0.25) is 4.79 Å². The molecule has 0 rings (SSSR count). The van der Waals surface area contributed by atoms with Crippen molar-refractivity contribution < 1.29 is 14.0 Å². The van der Waals surface area contributed by atoms with Gasteiger partial charge in [0.05, 0.1) is 13.2 Å². The summed E-state index contributed by atoms with van der Waals surface area (Å²) >= 11 is 3.22. The van der Waals surface area contributed by atoms with E-state index in [4.69, 9.17) is 4.43 Å². The third kappa shape index (κ3) is 8.84. The van der Waals surface area contributed by atoms with Gasteiger partial charge in [0.25, 0.3) is 0 Å². The minimum atomic E-state index is -1.56. The first kappa shape index (κ1) is 14.9. The molecule has 0 aliphatic rings. The van der Waals surface area contributed by atoms with Gasteiger partial charge >= 0.3 is 5.97 Å². The number of carbonyl (C=O) groups is 1. The second-order valence-corrected chi connectivity index (χ2v) is 9.19. The van der Waals surface area contributed by atoms with E-state index in [-0.39, 0.29) is 12.1 Å². The predicted octanol–water partition coefficient (Wildman–Crippen LogP) is 3.07. The predicted molar refractivity (Wildman–Crippen MR) is 67.5 cm³/mol. The Balaban J connectivity index is 4.11. The van der Waals surface area contributed by atoms with E-state index < -0.39 is 8.32 Å². The molecule has 0 fully saturated rings. The van der Waals surface area contributed by atoms with Crippen LogP contribution < -0.4 is 0 Å². The minimum Gasteiger partial charge on any atom is -0.469 e. The number of ether oxygens (including phenoxy) is 1. The van der Waals surface area contributed by atoms with E-state index in [1.54, 1.807) is 4.99 Å². The summed E-state index contributed by atoms with van der Waals surface area (Å²) in [5, 5.41) is 0. The van der Waals surface area contributed by atoms with Crippen molar-refractivity contribution in [2.45, 2.75) is 38.6 Å². The Kier molecular flexibility index (Phi) is 7.13. The zero-order chi connectivity index (χ0) is 11.9. The summed E-state index contributed by atoms with van der Waals surface area (Å²) in [7, 11) is -0.164. The van der Waals surface area contributed by atoms with Gasteiger partial charge in [-0.1, -0.05) is 22.0 Å². The van der Waals surface area contributed by atoms with Crippen LogP contribution in [-0.4, -0.2) is 27.5 Å². The molecular weight excluding hydrogens is 276 g/mol. The molecule has 1 unspecified atom stereocenters. The van der Waals surface area contributed by atoms with Crippen molar-refractivity contribution in [2.75, 3.05) is 7.11 Å². The van der Waals surface area contributed by atoms with Crippen LogP contribution in [0.3, 0.4) is 0 Å². The first-order valence-corrected chi connectivity index (χ1v) is 9.23. The summed E-state index contributed by atoms with van der Waals surface area (Å²) in [5.74, 6) is -0.192. The van der Waals surface area contributed by atoms with Crippen LogP contribution in [0.2, 0.25) is 19.6 Å². The molecule has 15 heavy (non-hydrogen) atoms. The van der Waals surface area contributed by atoms with Gasteiger partial charge in [-0.2, -0.15) is 0 Å². The Morgan fingerprint density at radius 2 is 2.07 bits per heavy atom. The molecule has 0 saturated heterocycles. The molecule has 0 amide bonds. The topological polar surface area (TPSA) is 35.5 Å². The number of carbonyl (C=O) groups excluding carboxylic acids is 1. The van der Waals surface area contributed by atoms with Crippen molar-refractivity contribution >= 4 is 30.2 Å². The third-order valence-corrected chi connectivity index (χ3v) is 2.97. The summed E-state index contributed by atoms with van der Waals surface area (Å²) in [5.41, 5.74) is 0. The molecule has 0 bridgehead atoms. The van der Waals surface area contributed by atoms with E-state index in [1.807, 2.05) is 6.08 Å². The van der Waals surface area contributed by atoms with Crippen molar-refractivity contribution in [3.8, 4) is 0 Å². The zero-order valence-corrected chi connectivity index (χ0v) is 12.3. The van der Waals surface area contributed by atoms with E-state index in [0.29, 0.717) is 12.8 Å². The fourth-order valence-electron chi connectivity index (χ4n) is 1.09. The van der Waals surface area contributed by atoms with Crippen LogP contribution in [0.5, 0.6) is 0 Å². The highest BCUT2D eigenvalue weighted by molar-refractivity contribution is 9.11. The molecule has 0 aliphatic carbocycles. The molecule has 0 radical (unpaired) electrons. The Morgan fingerprint density at radius 3 is 2.47 bits per heavy atom. The van der Waals surface area contributed by atoms with Gasteiger partial charge in [0.15, 0.2) is 8.32 Å². The second kappa shape index (κ2) is 7.19. The van der Waals surface area contributed by atoms with Gasteiger partial charge in [-0.05, 0) is 31.0 Å². The number of rotatable bonds is 6. The first-order valence-electron chi connectivity index (χ1n) is 4.90. The lowest BCUT2D eigenvalue weighted by atomic mass is 10.2. The molecule has 0 aromatic carbocycles. The van der Waals surface area contributed by atoms with Crippen LogP contribution in [0.4, 0.5) is 0 Å². The van der Waals surface area contributed by atoms with Crippen LogP contribution in [0.15, 0.2) is 11.1 Å². The molecule has 0 saturated carbocycles. The zero-order valence-electron chi connectivity index (χ0n) is 9.75. The minimum absolute atomic E-state index is 0.00450. The fourth-order valence-corrected chi connectivity index (χ4v) is 2.54. The van der Waals surface area contributed by atoms with Gasteiger partial charge in [0.2, 0.25) is 0 Å². The maximum absolute atomic E-state index is 11.0. The van der Waals surface area contributed by atoms with Crippen LogP contribution in [0.25, 0.3) is 0 Å². The van der Waals surface area contributed by atoms with Gasteiger partial charge in [-0.15, -0.1) is 0 Å². The highest BCUT2D eigenvalue weighted by Gasteiger charge is 2.20. The Bertz CT molecular complexity index is 223. The number of halogens is 1. The summed E-state index contributed by atoms with van der Waals surface area (Å²) in [6.45, 7) is 6.38. The summed E-state index contributed by atoms with van der Waals surface area (Å²) < 4.78 is 10.5. The van der Waals surface area contributed by atoms with E-state index >= 15 is 0 Å². The van der Waals surface area contributed by atoms with Crippen molar-refractivity contribution in [1.82, 2.24) is 0 Å². The second-order valence-electron chi connectivity index (χ2n) is 4.20. The summed E-state index contributed by atoms with van der Waals surface area (Å²) in [4.78, 5) is 12.8. The molecule has 3 nitrogen and oxygen atoms in total. The molecule has 0 spiro atoms. The van der Waals surface area contributed by atoms with Gasteiger partial charge in [-0.25, -0.2) is 0 Å². The molecule has 1 atom stereocenters. The largest absolute Gasteiger partial charge is 0.469 e. The first-order chi connectivity index (χ1) is 6.89. The third-order valence-electron chi connectivity index (χ3n) is 1.65. The molecule has 0 N–H and O–H groups in total. The Morgan fingerprint density at radius 1 is 1.47 bits per heavy atom. The standard InChI is InChI=1S/C10H19BrO3Si/c1-13-10(12)6-5-9(7-8-11)14-15(2,3)4/h7-9H,5-6H2,1-4H3/b8-7+. The van der Waals surface area contributed by atoms with Crippen molar-refractivity contribution in [3.63, 3.8) is 0 Å². The lowest BCUT2D eigenvalue weighted by Crippen LogP contribution is -2.31. The van der Waals surface area contributed by atoms with Crippen molar-refractivity contribution in [3.05, 3.63) is 11.1 Å². The van der Waals surface area contributed by atoms with Gasteiger partial charge in [0, 0.05) is 6.42 Å². The molecule has 0 heterocycles. The average molecular weight is 295 g/mol. The number of hydrogen-bond acceptors (Lipinski definition) is 3. The van der Waals surface area contributed by atoms with E-state index in [0.717, 1.165) is 0 Å². The highest BCUT2D eigenvalue weighted by Crippen LogP contribution is 2.13. The monoisotopic (exact) mass is 294 g/mol. The quantitative estimate of drug-likeness (QED) is 0.558. The number of hydrogen-bond donors (Lipinski definition) is 0. The summed E-state index contributed by atoms with van der Waals surface area (Å²) in [6.07, 6.45) is 2.97. The van der Waals surface area contributed by atoms with Gasteiger partial charge < -0.3 is 9.16 Å². The molecular formula is C10H19BrO3Si. The maximum atomic E-state index is 11.0. The molecule has 5 heteroatoms. The van der Waals surface area contributed by atoms with Crippen LogP contribution in [-0.2, 0) is 14.0 Å². The van der Waals surface area contributed by atoms with Crippen molar-refractivity contribution in [2.24, 2.45) is 0 Å². The SMILES string of the molecule is COC(=O)CCC(/C=C/Br)O[Si](C)(C)C.